The van der Waals surface area contributed by atoms with Gasteiger partial charge in [-0.2, -0.15) is 5.10 Å². The third-order valence-electron chi connectivity index (χ3n) is 5.04. The first-order valence-electron chi connectivity index (χ1n) is 9.87. The molecule has 3 aromatic rings. The lowest BCUT2D eigenvalue weighted by atomic mass is 10.1. The van der Waals surface area contributed by atoms with Crippen LogP contribution in [0, 0.1) is 0 Å². The summed E-state index contributed by atoms with van der Waals surface area (Å²) in [7, 11) is 0. The third kappa shape index (κ3) is 5.15. The molecule has 0 spiro atoms. The van der Waals surface area contributed by atoms with E-state index in [4.69, 9.17) is 16.3 Å². The van der Waals surface area contributed by atoms with Gasteiger partial charge in [0, 0.05) is 11.4 Å². The van der Waals surface area contributed by atoms with Crippen LogP contribution in [0.5, 0.6) is 5.75 Å². The monoisotopic (exact) mass is 410 g/mol. The molecule has 1 N–H and O–H groups in total. The molecule has 1 aliphatic carbocycles. The molecule has 0 radical (unpaired) electrons. The molecule has 1 aromatic heterocycles. The Hall–Kier alpha value is -2.86. The number of amides is 1. The highest BCUT2D eigenvalue weighted by Gasteiger charge is 2.16. The van der Waals surface area contributed by atoms with E-state index >= 15 is 0 Å². The molecule has 0 aliphatic heterocycles. The Morgan fingerprint density at radius 2 is 2.07 bits per heavy atom. The number of halogens is 1. The van der Waals surface area contributed by atoms with Crippen LogP contribution in [0.1, 0.15) is 37.7 Å². The van der Waals surface area contributed by atoms with Gasteiger partial charge in [0.25, 0.3) is 0 Å². The molecule has 150 valence electrons. The Bertz CT molecular complexity index is 969. The molecule has 1 fully saturated rings. The van der Waals surface area contributed by atoms with Crippen LogP contribution in [0.25, 0.3) is 5.69 Å². The van der Waals surface area contributed by atoms with E-state index in [-0.39, 0.29) is 5.91 Å². The number of aromatic nitrogens is 3. The average Bonchev–Trinajstić information content (AvgIpc) is 3.41. The van der Waals surface area contributed by atoms with Gasteiger partial charge < -0.3 is 10.1 Å². The van der Waals surface area contributed by atoms with Crippen LogP contribution in [0.15, 0.2) is 55.1 Å². The second-order valence-electron chi connectivity index (χ2n) is 7.22. The average molecular weight is 411 g/mol. The lowest BCUT2D eigenvalue weighted by molar-refractivity contribution is -0.116. The third-order valence-corrected chi connectivity index (χ3v) is 5.28. The van der Waals surface area contributed by atoms with Gasteiger partial charge in [-0.15, -0.1) is 0 Å². The van der Waals surface area contributed by atoms with E-state index in [2.05, 4.69) is 15.4 Å². The molecule has 6 nitrogen and oxygen atoms in total. The Balaban J connectivity index is 1.38. The summed E-state index contributed by atoms with van der Waals surface area (Å²) in [5.41, 5.74) is 2.40. The van der Waals surface area contributed by atoms with Crippen LogP contribution in [0.2, 0.25) is 5.02 Å². The van der Waals surface area contributed by atoms with Crippen molar-refractivity contribution in [1.29, 1.82) is 0 Å². The highest BCUT2D eigenvalue weighted by Crippen LogP contribution is 2.26. The van der Waals surface area contributed by atoms with Crippen LogP contribution in [-0.2, 0) is 11.2 Å². The van der Waals surface area contributed by atoms with Crippen molar-refractivity contribution in [2.24, 2.45) is 0 Å². The topological polar surface area (TPSA) is 69.0 Å². The minimum Gasteiger partial charge on any atom is -0.490 e. The number of carbonyl (C=O) groups is 1. The summed E-state index contributed by atoms with van der Waals surface area (Å²) in [5.74, 6) is 0.800. The van der Waals surface area contributed by atoms with Gasteiger partial charge in [0.15, 0.2) is 0 Å². The van der Waals surface area contributed by atoms with Crippen molar-refractivity contribution in [2.45, 2.75) is 44.6 Å². The van der Waals surface area contributed by atoms with E-state index in [1.165, 1.54) is 19.2 Å². The van der Waals surface area contributed by atoms with Crippen molar-refractivity contribution in [3.05, 3.63) is 65.7 Å². The molecule has 1 saturated carbocycles. The predicted molar refractivity (Wildman–Crippen MR) is 113 cm³/mol. The van der Waals surface area contributed by atoms with Crippen LogP contribution < -0.4 is 10.1 Å². The molecule has 0 atom stereocenters. The Morgan fingerprint density at radius 3 is 2.86 bits per heavy atom. The van der Waals surface area contributed by atoms with Gasteiger partial charge in [0.05, 0.1) is 17.5 Å². The van der Waals surface area contributed by atoms with Crippen molar-refractivity contribution in [2.75, 3.05) is 5.32 Å². The van der Waals surface area contributed by atoms with E-state index in [0.717, 1.165) is 24.2 Å². The fraction of sp³-hybridized carbons (Fsp3) is 0.318. The quantitative estimate of drug-likeness (QED) is 0.606. The maximum absolute atomic E-state index is 12.6. The summed E-state index contributed by atoms with van der Waals surface area (Å²) in [5, 5.41) is 7.61. The second-order valence-corrected chi connectivity index (χ2v) is 7.66. The molecule has 1 amide bonds. The predicted octanol–water partition coefficient (Wildman–Crippen LogP) is 4.81. The van der Waals surface area contributed by atoms with Gasteiger partial charge in [0.2, 0.25) is 5.91 Å². The Labute approximate surface area is 174 Å². The second kappa shape index (κ2) is 9.09. The normalized spacial score (nSPS) is 14.1. The fourth-order valence-corrected chi connectivity index (χ4v) is 3.76. The standard InChI is InChI=1S/C22H23ClN4O2/c23-17-9-10-21(27-15-24-14-25-27)20(13-17)26-22(28)11-8-16-4-3-7-19(12-16)29-18-5-1-2-6-18/h3-4,7,9-10,12-15,18H,1-2,5-6,8,11H2,(H,26,28). The molecule has 0 saturated heterocycles. The maximum atomic E-state index is 12.6. The number of aryl methyl sites for hydroxylation is 1. The molecular weight excluding hydrogens is 388 g/mol. The lowest BCUT2D eigenvalue weighted by Gasteiger charge is -2.14. The van der Waals surface area contributed by atoms with Crippen molar-refractivity contribution in [3.63, 3.8) is 0 Å². The van der Waals surface area contributed by atoms with Gasteiger partial charge in [-0.1, -0.05) is 23.7 Å². The summed E-state index contributed by atoms with van der Waals surface area (Å²) in [4.78, 5) is 16.5. The molecule has 1 heterocycles. The number of anilines is 1. The largest absolute Gasteiger partial charge is 0.490 e. The van der Waals surface area contributed by atoms with Crippen LogP contribution >= 0.6 is 11.6 Å². The summed E-state index contributed by atoms with van der Waals surface area (Å²) in [6, 6.07) is 13.3. The number of benzene rings is 2. The van der Waals surface area contributed by atoms with Crippen LogP contribution in [-0.4, -0.2) is 26.8 Å². The van der Waals surface area contributed by atoms with E-state index in [1.807, 2.05) is 24.3 Å². The van der Waals surface area contributed by atoms with E-state index < -0.39 is 0 Å². The smallest absolute Gasteiger partial charge is 0.224 e. The summed E-state index contributed by atoms with van der Waals surface area (Å²) in [6.07, 6.45) is 9.07. The van der Waals surface area contributed by atoms with Crippen molar-refractivity contribution in [1.82, 2.24) is 14.8 Å². The van der Waals surface area contributed by atoms with Crippen LogP contribution in [0.4, 0.5) is 5.69 Å². The first-order chi connectivity index (χ1) is 14.2. The van der Waals surface area contributed by atoms with Crippen molar-refractivity contribution in [3.8, 4) is 11.4 Å². The summed E-state index contributed by atoms with van der Waals surface area (Å²) >= 11 is 6.11. The van der Waals surface area contributed by atoms with Gasteiger partial charge in [0.1, 0.15) is 18.4 Å². The first kappa shape index (κ1) is 19.5. The van der Waals surface area contributed by atoms with Gasteiger partial charge in [-0.05, 0) is 68.0 Å². The SMILES string of the molecule is O=C(CCc1cccc(OC2CCCC2)c1)Nc1cc(Cl)ccc1-n1cncn1. The number of ether oxygens (including phenoxy) is 1. The number of hydrogen-bond acceptors (Lipinski definition) is 4. The van der Waals surface area contributed by atoms with Gasteiger partial charge >= 0.3 is 0 Å². The molecular formula is C22H23ClN4O2. The number of carbonyl (C=O) groups excluding carboxylic acids is 1. The summed E-state index contributed by atoms with van der Waals surface area (Å²) in [6.45, 7) is 0. The zero-order valence-electron chi connectivity index (χ0n) is 16.1. The zero-order chi connectivity index (χ0) is 20.1. The molecule has 29 heavy (non-hydrogen) atoms. The van der Waals surface area contributed by atoms with E-state index in [0.29, 0.717) is 35.3 Å². The number of hydrogen-bond donors (Lipinski definition) is 1. The lowest BCUT2D eigenvalue weighted by Crippen LogP contribution is -2.14. The Kier molecular flexibility index (Phi) is 6.10. The number of rotatable bonds is 7. The highest BCUT2D eigenvalue weighted by molar-refractivity contribution is 6.31. The van der Waals surface area contributed by atoms with Crippen molar-refractivity contribution < 1.29 is 9.53 Å². The Morgan fingerprint density at radius 1 is 1.21 bits per heavy atom. The minimum atomic E-state index is -0.0873. The molecule has 4 rings (SSSR count). The molecule has 0 bridgehead atoms. The minimum absolute atomic E-state index is 0.0873. The highest BCUT2D eigenvalue weighted by atomic mass is 35.5. The molecule has 1 aliphatic rings. The van der Waals surface area contributed by atoms with E-state index in [1.54, 1.807) is 29.2 Å². The zero-order valence-corrected chi connectivity index (χ0v) is 16.8. The first-order valence-corrected chi connectivity index (χ1v) is 10.3. The van der Waals surface area contributed by atoms with Crippen LogP contribution in [0.3, 0.4) is 0 Å². The number of nitrogens with one attached hydrogen (secondary N) is 1. The summed E-state index contributed by atoms with van der Waals surface area (Å²) < 4.78 is 7.65. The van der Waals surface area contributed by atoms with E-state index in [9.17, 15) is 4.79 Å². The molecule has 0 unspecified atom stereocenters. The molecule has 7 heteroatoms. The number of nitrogens with zero attached hydrogens (tertiary/aromatic N) is 3. The van der Waals surface area contributed by atoms with Gasteiger partial charge in [-0.25, -0.2) is 9.67 Å². The molecule has 2 aromatic carbocycles. The maximum Gasteiger partial charge on any atom is 0.224 e. The van der Waals surface area contributed by atoms with Crippen molar-refractivity contribution >= 4 is 23.2 Å². The fourth-order valence-electron chi connectivity index (χ4n) is 3.58. The van der Waals surface area contributed by atoms with Gasteiger partial charge in [-0.3, -0.25) is 4.79 Å².